The molecule has 0 spiro atoms. The normalized spacial score (nSPS) is 24.4. The molecule has 8 nitrogen and oxygen atoms in total. The highest BCUT2D eigenvalue weighted by Crippen LogP contribution is 2.50. The average Bonchev–Trinajstić information content (AvgIpc) is 3.14. The summed E-state index contributed by atoms with van der Waals surface area (Å²) < 4.78 is 18.7. The van der Waals surface area contributed by atoms with Gasteiger partial charge in [0.1, 0.15) is 40.3 Å². The van der Waals surface area contributed by atoms with E-state index in [-0.39, 0.29) is 27.6 Å². The van der Waals surface area contributed by atoms with Gasteiger partial charge in [0, 0.05) is 4.75 Å². The van der Waals surface area contributed by atoms with Crippen molar-refractivity contribution in [3.8, 4) is 11.3 Å². The van der Waals surface area contributed by atoms with Crippen molar-refractivity contribution in [2.45, 2.75) is 43.0 Å². The van der Waals surface area contributed by atoms with Crippen LogP contribution in [0.5, 0.6) is 0 Å². The topological polar surface area (TPSA) is 113 Å². The lowest BCUT2D eigenvalue weighted by Gasteiger charge is -2.43. The smallest absolute Gasteiger partial charge is 0.327 e. The molecule has 2 aliphatic heterocycles. The zero-order chi connectivity index (χ0) is 22.0. The Hall–Kier alpha value is -2.59. The van der Waals surface area contributed by atoms with Crippen molar-refractivity contribution in [3.63, 3.8) is 0 Å². The van der Waals surface area contributed by atoms with Crippen molar-refractivity contribution in [1.82, 2.24) is 15.4 Å². The van der Waals surface area contributed by atoms with Crippen LogP contribution in [0.2, 0.25) is 5.02 Å². The largest absolute Gasteiger partial charge is 0.480 e. The van der Waals surface area contributed by atoms with Crippen LogP contribution in [0.25, 0.3) is 11.3 Å². The molecule has 2 fully saturated rings. The molecule has 2 saturated heterocycles. The SMILES string of the molecule is Cc1onc(-c2c(F)cccc2Cl)c1C(=O)N[C@@H]1C(=O)N2[C@@H]1SC(C)(C)[C@H]2C(=O)O. The first kappa shape index (κ1) is 20.7. The minimum absolute atomic E-state index is 0.0368. The molecule has 0 aliphatic carbocycles. The average molecular weight is 454 g/mol. The van der Waals surface area contributed by atoms with E-state index in [0.29, 0.717) is 0 Å². The van der Waals surface area contributed by atoms with Gasteiger partial charge in [0.25, 0.3) is 5.91 Å². The number of carbonyl (C=O) groups is 3. The Morgan fingerprint density at radius 1 is 1.40 bits per heavy atom. The fourth-order valence-electron chi connectivity index (χ4n) is 3.89. The fourth-order valence-corrected chi connectivity index (χ4v) is 5.77. The molecule has 3 heterocycles. The predicted octanol–water partition coefficient (Wildman–Crippen LogP) is 2.69. The molecule has 2 amide bonds. The summed E-state index contributed by atoms with van der Waals surface area (Å²) >= 11 is 7.40. The van der Waals surface area contributed by atoms with E-state index in [1.165, 1.54) is 41.8 Å². The molecule has 11 heteroatoms. The van der Waals surface area contributed by atoms with Crippen molar-refractivity contribution in [3.05, 3.63) is 40.4 Å². The van der Waals surface area contributed by atoms with Gasteiger partial charge in [-0.15, -0.1) is 11.8 Å². The molecule has 1 aromatic carbocycles. The van der Waals surface area contributed by atoms with Crippen molar-refractivity contribution < 1.29 is 28.4 Å². The number of halogens is 2. The van der Waals surface area contributed by atoms with Crippen LogP contribution in [-0.4, -0.2) is 55.2 Å². The Kier molecular flexibility index (Phi) is 4.81. The molecule has 30 heavy (non-hydrogen) atoms. The molecule has 0 radical (unpaired) electrons. The van der Waals surface area contributed by atoms with Crippen LogP contribution in [0, 0.1) is 12.7 Å². The highest BCUT2D eigenvalue weighted by Gasteiger charge is 2.64. The lowest BCUT2D eigenvalue weighted by atomic mass is 9.95. The van der Waals surface area contributed by atoms with Gasteiger partial charge in [-0.3, -0.25) is 9.59 Å². The second kappa shape index (κ2) is 6.98. The minimum Gasteiger partial charge on any atom is -0.480 e. The number of rotatable bonds is 4. The van der Waals surface area contributed by atoms with Gasteiger partial charge in [0.2, 0.25) is 5.91 Å². The molecule has 1 aromatic heterocycles. The third-order valence-corrected chi connectivity index (χ3v) is 7.14. The maximum absolute atomic E-state index is 14.4. The van der Waals surface area contributed by atoms with Gasteiger partial charge < -0.3 is 19.8 Å². The molecule has 2 aromatic rings. The zero-order valence-electron chi connectivity index (χ0n) is 16.1. The summed E-state index contributed by atoms with van der Waals surface area (Å²) in [7, 11) is 0. The van der Waals surface area contributed by atoms with Crippen LogP contribution < -0.4 is 5.32 Å². The van der Waals surface area contributed by atoms with Crippen molar-refractivity contribution >= 4 is 41.1 Å². The van der Waals surface area contributed by atoms with E-state index in [1.54, 1.807) is 13.8 Å². The fraction of sp³-hybridized carbons (Fsp3) is 0.368. The number of amides is 2. The molecular weight excluding hydrogens is 437 g/mol. The van der Waals surface area contributed by atoms with Crippen LogP contribution in [0.4, 0.5) is 4.39 Å². The number of aryl methyl sites for hydroxylation is 1. The number of hydrogen-bond donors (Lipinski definition) is 2. The van der Waals surface area contributed by atoms with Gasteiger partial charge in [-0.1, -0.05) is 22.8 Å². The van der Waals surface area contributed by atoms with Crippen molar-refractivity contribution in [1.29, 1.82) is 0 Å². The number of carboxylic acids is 1. The minimum atomic E-state index is -1.10. The monoisotopic (exact) mass is 453 g/mol. The summed E-state index contributed by atoms with van der Waals surface area (Å²) in [4.78, 5) is 38.5. The number of aliphatic carboxylic acids is 1. The third kappa shape index (κ3) is 2.97. The highest BCUT2D eigenvalue weighted by atomic mass is 35.5. The molecule has 0 saturated carbocycles. The number of aromatic nitrogens is 1. The summed E-state index contributed by atoms with van der Waals surface area (Å²) in [6.45, 7) is 4.97. The zero-order valence-corrected chi connectivity index (χ0v) is 17.7. The summed E-state index contributed by atoms with van der Waals surface area (Å²) in [6, 6.07) is 2.17. The van der Waals surface area contributed by atoms with E-state index in [4.69, 9.17) is 16.1 Å². The molecular formula is C19H17ClFN3O5S. The molecule has 2 aliphatic rings. The van der Waals surface area contributed by atoms with Gasteiger partial charge in [-0.25, -0.2) is 9.18 Å². The number of carbonyl (C=O) groups excluding carboxylic acids is 2. The van der Waals surface area contributed by atoms with Crippen LogP contribution in [0.1, 0.15) is 30.0 Å². The second-order valence-corrected chi connectivity index (χ2v) is 9.79. The van der Waals surface area contributed by atoms with E-state index < -0.39 is 45.8 Å². The summed E-state index contributed by atoms with van der Waals surface area (Å²) in [6.07, 6.45) is 0. The maximum Gasteiger partial charge on any atom is 0.327 e. The number of hydrogen-bond acceptors (Lipinski definition) is 6. The summed E-state index contributed by atoms with van der Waals surface area (Å²) in [5.41, 5.74) is -0.185. The standard InChI is InChI=1S/C19H17ClFN3O5S/c1-7-10(12(23-29-7)11-8(20)5-4-6-9(11)21)15(25)22-13-16(26)24-14(18(27)28)19(2,3)30-17(13)24/h4-6,13-14,17H,1-3H3,(H,22,25)(H,27,28)/t13-,14-,17-/m1/s1. The van der Waals surface area contributed by atoms with Gasteiger partial charge >= 0.3 is 5.97 Å². The van der Waals surface area contributed by atoms with Gasteiger partial charge in [0.15, 0.2) is 0 Å². The van der Waals surface area contributed by atoms with Crippen LogP contribution >= 0.6 is 23.4 Å². The van der Waals surface area contributed by atoms with E-state index >= 15 is 0 Å². The maximum atomic E-state index is 14.4. The Balaban J connectivity index is 1.62. The Morgan fingerprint density at radius 3 is 2.73 bits per heavy atom. The van der Waals surface area contributed by atoms with Crippen LogP contribution in [0.15, 0.2) is 22.7 Å². The number of thioether (sulfide) groups is 1. The van der Waals surface area contributed by atoms with E-state index in [1.807, 2.05) is 0 Å². The summed E-state index contributed by atoms with van der Waals surface area (Å²) in [5.74, 6) is -2.81. The van der Waals surface area contributed by atoms with Crippen LogP contribution in [0.3, 0.4) is 0 Å². The van der Waals surface area contributed by atoms with Gasteiger partial charge in [-0.05, 0) is 32.9 Å². The Morgan fingerprint density at radius 2 is 2.10 bits per heavy atom. The lowest BCUT2D eigenvalue weighted by molar-refractivity contribution is -0.159. The van der Waals surface area contributed by atoms with E-state index in [9.17, 15) is 23.9 Å². The first-order chi connectivity index (χ1) is 14.0. The molecule has 0 unspecified atom stereocenters. The Labute approximate surface area is 179 Å². The first-order valence-electron chi connectivity index (χ1n) is 8.99. The third-order valence-electron chi connectivity index (χ3n) is 5.25. The molecule has 0 bridgehead atoms. The highest BCUT2D eigenvalue weighted by molar-refractivity contribution is 8.01. The molecule has 158 valence electrons. The molecule has 3 atom stereocenters. The lowest BCUT2D eigenvalue weighted by Crippen LogP contribution is -2.70. The van der Waals surface area contributed by atoms with Crippen molar-refractivity contribution in [2.75, 3.05) is 0 Å². The van der Waals surface area contributed by atoms with Gasteiger partial charge in [-0.2, -0.15) is 0 Å². The molecule has 4 rings (SSSR count). The number of benzene rings is 1. The second-order valence-electron chi connectivity index (χ2n) is 7.61. The van der Waals surface area contributed by atoms with Gasteiger partial charge in [0.05, 0.1) is 10.6 Å². The number of nitrogens with zero attached hydrogens (tertiary/aromatic N) is 2. The quantitative estimate of drug-likeness (QED) is 0.684. The number of β-lactam (4-membered cyclic amide) rings is 1. The number of carboxylic acid groups (broad SMARTS) is 1. The number of fused-ring (bicyclic) bond motifs is 1. The Bertz CT molecular complexity index is 1070. The van der Waals surface area contributed by atoms with Crippen molar-refractivity contribution in [2.24, 2.45) is 0 Å². The summed E-state index contributed by atoms with van der Waals surface area (Å²) in [5, 5.41) is 15.4. The van der Waals surface area contributed by atoms with Crippen LogP contribution in [-0.2, 0) is 9.59 Å². The number of nitrogens with one attached hydrogen (secondary N) is 1. The first-order valence-corrected chi connectivity index (χ1v) is 10.2. The predicted molar refractivity (Wildman–Crippen MR) is 107 cm³/mol. The van der Waals surface area contributed by atoms with E-state index in [0.717, 1.165) is 0 Å². The molecule has 2 N–H and O–H groups in total. The van der Waals surface area contributed by atoms with E-state index in [2.05, 4.69) is 10.5 Å².